The van der Waals surface area contributed by atoms with Gasteiger partial charge < -0.3 is 10.2 Å². The number of anilines is 1. The van der Waals surface area contributed by atoms with Crippen LogP contribution in [-0.4, -0.2) is 35.0 Å². The summed E-state index contributed by atoms with van der Waals surface area (Å²) in [5.41, 5.74) is 0.190. The Labute approximate surface area is 84.9 Å². The maximum Gasteiger partial charge on any atom is 0.150 e. The smallest absolute Gasteiger partial charge is 0.150 e. The molecule has 2 heterocycles. The number of rotatable bonds is 1. The van der Waals surface area contributed by atoms with Gasteiger partial charge in [0.1, 0.15) is 0 Å². The zero-order valence-corrected chi connectivity index (χ0v) is 9.12. The highest BCUT2D eigenvalue weighted by Gasteiger charge is 2.26. The molecule has 14 heavy (non-hydrogen) atoms. The van der Waals surface area contributed by atoms with Gasteiger partial charge in [-0.05, 0) is 13.8 Å². The Bertz CT molecular complexity index is 316. The molecule has 4 nitrogen and oxygen atoms in total. The average Bonchev–Trinajstić information content (AvgIpc) is 2.50. The SMILES string of the molecule is Cn1ccc(N2CCNC(C)(C)C2)n1. The van der Waals surface area contributed by atoms with E-state index in [1.54, 1.807) is 0 Å². The van der Waals surface area contributed by atoms with Crippen LogP contribution in [0.1, 0.15) is 13.8 Å². The first-order chi connectivity index (χ1) is 6.57. The summed E-state index contributed by atoms with van der Waals surface area (Å²) in [5, 5.41) is 7.90. The van der Waals surface area contributed by atoms with E-state index in [0.717, 1.165) is 25.5 Å². The van der Waals surface area contributed by atoms with Gasteiger partial charge in [-0.15, -0.1) is 0 Å². The van der Waals surface area contributed by atoms with Crippen LogP contribution in [0.5, 0.6) is 0 Å². The summed E-state index contributed by atoms with van der Waals surface area (Å²) in [6.07, 6.45) is 1.99. The highest BCUT2D eigenvalue weighted by molar-refractivity contribution is 5.38. The molecule has 1 aliphatic heterocycles. The third-order valence-electron chi connectivity index (χ3n) is 2.59. The number of piperazine rings is 1. The molecule has 4 heteroatoms. The number of aryl methyl sites for hydroxylation is 1. The second-order valence-electron chi connectivity index (χ2n) is 4.58. The lowest BCUT2D eigenvalue weighted by Gasteiger charge is -2.39. The maximum atomic E-state index is 4.41. The molecular weight excluding hydrogens is 176 g/mol. The Morgan fingerprint density at radius 2 is 2.29 bits per heavy atom. The minimum absolute atomic E-state index is 0.190. The van der Waals surface area contributed by atoms with E-state index in [1.807, 2.05) is 17.9 Å². The normalized spacial score (nSPS) is 21.2. The Hall–Kier alpha value is -1.03. The molecule has 1 saturated heterocycles. The van der Waals surface area contributed by atoms with Crippen LogP contribution < -0.4 is 10.2 Å². The van der Waals surface area contributed by atoms with Gasteiger partial charge >= 0.3 is 0 Å². The van der Waals surface area contributed by atoms with Gasteiger partial charge in [0.05, 0.1) is 0 Å². The number of hydrogen-bond acceptors (Lipinski definition) is 3. The molecule has 0 atom stereocenters. The van der Waals surface area contributed by atoms with Crippen molar-refractivity contribution in [1.82, 2.24) is 15.1 Å². The summed E-state index contributed by atoms with van der Waals surface area (Å²) >= 11 is 0. The van der Waals surface area contributed by atoms with Crippen LogP contribution in [0.25, 0.3) is 0 Å². The lowest BCUT2D eigenvalue weighted by molar-refractivity contribution is 0.351. The molecule has 0 aromatic carbocycles. The molecule has 0 aliphatic carbocycles. The zero-order valence-electron chi connectivity index (χ0n) is 9.12. The van der Waals surface area contributed by atoms with E-state index < -0.39 is 0 Å². The maximum absolute atomic E-state index is 4.41. The van der Waals surface area contributed by atoms with E-state index in [-0.39, 0.29) is 5.54 Å². The van der Waals surface area contributed by atoms with Crippen molar-refractivity contribution in [2.45, 2.75) is 19.4 Å². The molecule has 0 amide bonds. The van der Waals surface area contributed by atoms with E-state index >= 15 is 0 Å². The van der Waals surface area contributed by atoms with Crippen molar-refractivity contribution in [2.24, 2.45) is 7.05 Å². The minimum Gasteiger partial charge on any atom is -0.352 e. The number of nitrogens with zero attached hydrogens (tertiary/aromatic N) is 3. The zero-order chi connectivity index (χ0) is 10.2. The molecule has 1 aliphatic rings. The molecule has 0 bridgehead atoms. The number of aromatic nitrogens is 2. The molecule has 1 aromatic rings. The fourth-order valence-electron chi connectivity index (χ4n) is 1.91. The molecule has 2 rings (SSSR count). The standard InChI is InChI=1S/C10H18N4/c1-10(2)8-14(7-5-11-10)9-4-6-13(3)12-9/h4,6,11H,5,7-8H2,1-3H3. The second kappa shape index (κ2) is 3.28. The molecule has 1 N–H and O–H groups in total. The van der Waals surface area contributed by atoms with Crippen LogP contribution in [0.3, 0.4) is 0 Å². The summed E-state index contributed by atoms with van der Waals surface area (Å²) in [4.78, 5) is 2.33. The van der Waals surface area contributed by atoms with Crippen LogP contribution in [0, 0.1) is 0 Å². The minimum atomic E-state index is 0.190. The summed E-state index contributed by atoms with van der Waals surface area (Å²) in [6.45, 7) is 7.54. The highest BCUT2D eigenvalue weighted by Crippen LogP contribution is 2.16. The molecule has 0 spiro atoms. The quantitative estimate of drug-likeness (QED) is 0.711. The van der Waals surface area contributed by atoms with Crippen molar-refractivity contribution in [3.8, 4) is 0 Å². The molecular formula is C10H18N4. The first-order valence-corrected chi connectivity index (χ1v) is 5.06. The van der Waals surface area contributed by atoms with Crippen molar-refractivity contribution >= 4 is 5.82 Å². The third-order valence-corrected chi connectivity index (χ3v) is 2.59. The van der Waals surface area contributed by atoms with Crippen molar-refractivity contribution in [1.29, 1.82) is 0 Å². The van der Waals surface area contributed by atoms with Crippen molar-refractivity contribution < 1.29 is 0 Å². The number of nitrogens with one attached hydrogen (secondary N) is 1. The second-order valence-corrected chi connectivity index (χ2v) is 4.58. The van der Waals surface area contributed by atoms with Crippen molar-refractivity contribution in [2.75, 3.05) is 24.5 Å². The fourth-order valence-corrected chi connectivity index (χ4v) is 1.91. The molecule has 0 unspecified atom stereocenters. The summed E-state index contributed by atoms with van der Waals surface area (Å²) < 4.78 is 1.85. The van der Waals surface area contributed by atoms with Crippen molar-refractivity contribution in [3.05, 3.63) is 12.3 Å². The van der Waals surface area contributed by atoms with Crippen LogP contribution in [0.4, 0.5) is 5.82 Å². The summed E-state index contributed by atoms with van der Waals surface area (Å²) in [6, 6.07) is 2.07. The van der Waals surface area contributed by atoms with E-state index in [2.05, 4.69) is 35.2 Å². The first kappa shape index (κ1) is 9.52. The average molecular weight is 194 g/mol. The van der Waals surface area contributed by atoms with E-state index in [1.165, 1.54) is 0 Å². The summed E-state index contributed by atoms with van der Waals surface area (Å²) in [5.74, 6) is 1.09. The Morgan fingerprint density at radius 3 is 2.86 bits per heavy atom. The lowest BCUT2D eigenvalue weighted by atomic mass is 10.0. The monoisotopic (exact) mass is 194 g/mol. The van der Waals surface area contributed by atoms with E-state index in [0.29, 0.717) is 0 Å². The third kappa shape index (κ3) is 1.90. The predicted octanol–water partition coefficient (Wildman–Crippen LogP) is 0.608. The van der Waals surface area contributed by atoms with Gasteiger partial charge in [-0.1, -0.05) is 0 Å². The van der Waals surface area contributed by atoms with Crippen LogP contribution in [0.2, 0.25) is 0 Å². The van der Waals surface area contributed by atoms with Crippen molar-refractivity contribution in [3.63, 3.8) is 0 Å². The van der Waals surface area contributed by atoms with Gasteiger partial charge in [0.25, 0.3) is 0 Å². The molecule has 0 saturated carbocycles. The van der Waals surface area contributed by atoms with Gasteiger partial charge in [-0.2, -0.15) is 5.10 Å². The van der Waals surface area contributed by atoms with E-state index in [4.69, 9.17) is 0 Å². The largest absolute Gasteiger partial charge is 0.352 e. The van der Waals surface area contributed by atoms with E-state index in [9.17, 15) is 0 Å². The van der Waals surface area contributed by atoms with Gasteiger partial charge in [0.2, 0.25) is 0 Å². The Balaban J connectivity index is 2.12. The predicted molar refractivity (Wildman–Crippen MR) is 57.5 cm³/mol. The summed E-state index contributed by atoms with van der Waals surface area (Å²) in [7, 11) is 1.96. The lowest BCUT2D eigenvalue weighted by Crippen LogP contribution is -2.57. The number of hydrogen-bond donors (Lipinski definition) is 1. The Kier molecular flexibility index (Phi) is 2.23. The Morgan fingerprint density at radius 1 is 1.50 bits per heavy atom. The molecule has 78 valence electrons. The van der Waals surface area contributed by atoms with Crippen LogP contribution in [0.15, 0.2) is 12.3 Å². The van der Waals surface area contributed by atoms with Gasteiger partial charge in [-0.25, -0.2) is 0 Å². The fraction of sp³-hybridized carbons (Fsp3) is 0.700. The molecule has 1 aromatic heterocycles. The van der Waals surface area contributed by atoms with Gasteiger partial charge in [-0.3, -0.25) is 4.68 Å². The first-order valence-electron chi connectivity index (χ1n) is 5.06. The molecule has 0 radical (unpaired) electrons. The molecule has 1 fully saturated rings. The highest BCUT2D eigenvalue weighted by atomic mass is 15.4. The van der Waals surface area contributed by atoms with Crippen LogP contribution >= 0.6 is 0 Å². The van der Waals surface area contributed by atoms with Gasteiger partial charge in [0.15, 0.2) is 5.82 Å². The topological polar surface area (TPSA) is 33.1 Å². The van der Waals surface area contributed by atoms with Gasteiger partial charge in [0, 0.05) is 44.5 Å². The van der Waals surface area contributed by atoms with Crippen LogP contribution in [-0.2, 0) is 7.05 Å².